The number of nitrogens with two attached hydrogens (primary N) is 1. The van der Waals surface area contributed by atoms with Gasteiger partial charge in [-0.3, -0.25) is 0 Å². The average Bonchev–Trinajstić information content (AvgIpc) is 2.86. The lowest BCUT2D eigenvalue weighted by molar-refractivity contribution is 0.477. The van der Waals surface area contributed by atoms with Crippen LogP contribution in [-0.2, 0) is 16.6 Å². The van der Waals surface area contributed by atoms with E-state index in [0.29, 0.717) is 16.7 Å². The molecule has 1 saturated carbocycles. The summed E-state index contributed by atoms with van der Waals surface area (Å²) < 4.78 is 27.8. The van der Waals surface area contributed by atoms with E-state index in [1.807, 2.05) is 6.92 Å². The van der Waals surface area contributed by atoms with Gasteiger partial charge in [0.2, 0.25) is 10.0 Å². The smallest absolute Gasteiger partial charge is 0.250 e. The second-order valence-electron chi connectivity index (χ2n) is 5.01. The minimum Gasteiger partial charge on any atom is -0.326 e. The molecule has 0 bridgehead atoms. The van der Waals surface area contributed by atoms with Gasteiger partial charge in [0.05, 0.1) is 0 Å². The fourth-order valence-electron chi connectivity index (χ4n) is 2.40. The van der Waals surface area contributed by atoms with Crippen LogP contribution in [0.1, 0.15) is 36.6 Å². The van der Waals surface area contributed by atoms with Gasteiger partial charge in [-0.05, 0) is 37.3 Å². The molecule has 2 unspecified atom stereocenters. The van der Waals surface area contributed by atoms with Gasteiger partial charge in [0, 0.05) is 17.5 Å². The first kappa shape index (κ1) is 14.0. The largest absolute Gasteiger partial charge is 0.326 e. The molecule has 0 aliphatic heterocycles. The Bertz CT molecular complexity index is 522. The summed E-state index contributed by atoms with van der Waals surface area (Å²) in [4.78, 5) is 0.940. The second kappa shape index (κ2) is 5.28. The summed E-state index contributed by atoms with van der Waals surface area (Å²) in [6.45, 7) is 4.40. The van der Waals surface area contributed by atoms with Crippen LogP contribution >= 0.6 is 11.3 Å². The van der Waals surface area contributed by atoms with E-state index in [-0.39, 0.29) is 6.04 Å². The van der Waals surface area contributed by atoms with Crippen LogP contribution in [0.15, 0.2) is 10.3 Å². The van der Waals surface area contributed by atoms with Crippen molar-refractivity contribution in [2.45, 2.75) is 49.9 Å². The first-order chi connectivity index (χ1) is 8.44. The summed E-state index contributed by atoms with van der Waals surface area (Å²) in [7, 11) is -3.38. The van der Waals surface area contributed by atoms with Gasteiger partial charge in [-0.15, -0.1) is 11.3 Å². The maximum absolute atomic E-state index is 12.3. The zero-order valence-corrected chi connectivity index (χ0v) is 12.4. The predicted molar refractivity (Wildman–Crippen MR) is 74.1 cm³/mol. The van der Waals surface area contributed by atoms with Gasteiger partial charge in [0.15, 0.2) is 0 Å². The van der Waals surface area contributed by atoms with Gasteiger partial charge in [-0.25, -0.2) is 13.1 Å². The summed E-state index contributed by atoms with van der Waals surface area (Å²) in [5.41, 5.74) is 6.55. The number of thiophene rings is 1. The zero-order valence-electron chi connectivity index (χ0n) is 10.8. The molecule has 0 radical (unpaired) electrons. The molecule has 18 heavy (non-hydrogen) atoms. The van der Waals surface area contributed by atoms with Gasteiger partial charge in [0.25, 0.3) is 0 Å². The summed E-state index contributed by atoms with van der Waals surface area (Å²) in [6, 6.07) is 1.80. The lowest BCUT2D eigenvalue weighted by atomic mass is 10.1. The summed E-state index contributed by atoms with van der Waals surface area (Å²) in [5, 5.41) is 0. The first-order valence-corrected chi connectivity index (χ1v) is 8.55. The van der Waals surface area contributed by atoms with Crippen molar-refractivity contribution in [3.63, 3.8) is 0 Å². The molecule has 4 nitrogen and oxygen atoms in total. The third kappa shape index (κ3) is 2.77. The van der Waals surface area contributed by atoms with E-state index < -0.39 is 10.0 Å². The molecule has 0 saturated heterocycles. The summed E-state index contributed by atoms with van der Waals surface area (Å²) >= 11 is 1.28. The average molecular weight is 288 g/mol. The molecule has 102 valence electrons. The molecular weight excluding hydrogens is 268 g/mol. The van der Waals surface area contributed by atoms with Crippen molar-refractivity contribution < 1.29 is 8.42 Å². The number of aryl methyl sites for hydroxylation is 1. The van der Waals surface area contributed by atoms with E-state index >= 15 is 0 Å². The Labute approximate surface area is 113 Å². The van der Waals surface area contributed by atoms with Gasteiger partial charge >= 0.3 is 0 Å². The van der Waals surface area contributed by atoms with Crippen molar-refractivity contribution >= 4 is 21.4 Å². The maximum Gasteiger partial charge on any atom is 0.250 e. The van der Waals surface area contributed by atoms with Crippen LogP contribution < -0.4 is 10.5 Å². The predicted octanol–water partition coefficient (Wildman–Crippen LogP) is 1.98. The molecular formula is C12H20N2O2S2. The molecule has 1 aliphatic carbocycles. The fourth-order valence-corrected chi connectivity index (χ4v) is 5.27. The Balaban J connectivity index is 2.19. The lowest BCUT2D eigenvalue weighted by Gasteiger charge is -2.16. The molecule has 2 rings (SSSR count). The standard InChI is InChI=1S/C12H20N2O2S2/c1-8-4-3-5-10(8)14-18(15,16)12-6-9(2)11(7-13)17-12/h6,8,10,14H,3-5,7,13H2,1-2H3. The van der Waals surface area contributed by atoms with Gasteiger partial charge in [-0.1, -0.05) is 13.3 Å². The molecule has 1 aromatic heterocycles. The highest BCUT2D eigenvalue weighted by Gasteiger charge is 2.29. The highest BCUT2D eigenvalue weighted by Crippen LogP contribution is 2.29. The van der Waals surface area contributed by atoms with Crippen LogP contribution in [0.2, 0.25) is 0 Å². The minimum absolute atomic E-state index is 0.0822. The molecule has 1 heterocycles. The maximum atomic E-state index is 12.3. The van der Waals surface area contributed by atoms with Crippen molar-refractivity contribution in [1.82, 2.24) is 4.72 Å². The van der Waals surface area contributed by atoms with E-state index in [0.717, 1.165) is 29.7 Å². The van der Waals surface area contributed by atoms with E-state index in [4.69, 9.17) is 5.73 Å². The van der Waals surface area contributed by atoms with Crippen molar-refractivity contribution in [2.75, 3.05) is 0 Å². The first-order valence-electron chi connectivity index (χ1n) is 6.25. The second-order valence-corrected chi connectivity index (χ2v) is 8.09. The van der Waals surface area contributed by atoms with E-state index in [1.54, 1.807) is 6.07 Å². The number of nitrogens with one attached hydrogen (secondary N) is 1. The molecule has 0 aromatic carbocycles. The van der Waals surface area contributed by atoms with Crippen LogP contribution in [-0.4, -0.2) is 14.5 Å². The Morgan fingerprint density at radius 2 is 2.22 bits per heavy atom. The van der Waals surface area contributed by atoms with Gasteiger partial charge < -0.3 is 5.73 Å². The summed E-state index contributed by atoms with van der Waals surface area (Å²) in [6.07, 6.45) is 3.14. The Morgan fingerprint density at radius 1 is 1.50 bits per heavy atom. The zero-order chi connectivity index (χ0) is 13.3. The normalized spacial score (nSPS) is 24.6. The molecule has 1 aromatic rings. The Hall–Kier alpha value is -0.430. The van der Waals surface area contributed by atoms with E-state index in [2.05, 4.69) is 11.6 Å². The minimum atomic E-state index is -3.38. The lowest BCUT2D eigenvalue weighted by Crippen LogP contribution is -2.36. The van der Waals surface area contributed by atoms with Crippen LogP contribution in [0, 0.1) is 12.8 Å². The van der Waals surface area contributed by atoms with Gasteiger partial charge in [0.1, 0.15) is 4.21 Å². The number of hydrogen-bond donors (Lipinski definition) is 2. The third-order valence-electron chi connectivity index (χ3n) is 3.62. The van der Waals surface area contributed by atoms with E-state index in [1.165, 1.54) is 11.3 Å². The van der Waals surface area contributed by atoms with Crippen LogP contribution in [0.3, 0.4) is 0 Å². The van der Waals surface area contributed by atoms with Crippen molar-refractivity contribution in [3.8, 4) is 0 Å². The SMILES string of the molecule is Cc1cc(S(=O)(=O)NC2CCCC2C)sc1CN. The van der Waals surface area contributed by atoms with E-state index in [9.17, 15) is 8.42 Å². The topological polar surface area (TPSA) is 72.2 Å². The third-order valence-corrected chi connectivity index (χ3v) is 6.84. The molecule has 0 amide bonds. The number of hydrogen-bond acceptors (Lipinski definition) is 4. The molecule has 6 heteroatoms. The summed E-state index contributed by atoms with van der Waals surface area (Å²) in [5.74, 6) is 0.426. The quantitative estimate of drug-likeness (QED) is 0.890. The van der Waals surface area contributed by atoms with Crippen LogP contribution in [0.25, 0.3) is 0 Å². The molecule has 3 N–H and O–H groups in total. The van der Waals surface area contributed by atoms with Crippen molar-refractivity contribution in [2.24, 2.45) is 11.7 Å². The van der Waals surface area contributed by atoms with Gasteiger partial charge in [-0.2, -0.15) is 0 Å². The molecule has 0 spiro atoms. The van der Waals surface area contributed by atoms with Crippen molar-refractivity contribution in [3.05, 3.63) is 16.5 Å². The molecule has 2 atom stereocenters. The number of sulfonamides is 1. The van der Waals surface area contributed by atoms with Crippen molar-refractivity contribution in [1.29, 1.82) is 0 Å². The number of rotatable bonds is 4. The fraction of sp³-hybridized carbons (Fsp3) is 0.667. The highest BCUT2D eigenvalue weighted by molar-refractivity contribution is 7.91. The van der Waals surface area contributed by atoms with Crippen LogP contribution in [0.4, 0.5) is 0 Å². The highest BCUT2D eigenvalue weighted by atomic mass is 32.2. The monoisotopic (exact) mass is 288 g/mol. The Kier molecular flexibility index (Phi) is 4.11. The molecule has 1 aliphatic rings. The molecule has 1 fully saturated rings. The Morgan fingerprint density at radius 3 is 2.72 bits per heavy atom. The van der Waals surface area contributed by atoms with Crippen LogP contribution in [0.5, 0.6) is 0 Å².